The van der Waals surface area contributed by atoms with Crippen molar-refractivity contribution in [3.05, 3.63) is 29.8 Å². The van der Waals surface area contributed by atoms with Crippen molar-refractivity contribution in [2.45, 2.75) is 45.7 Å². The molecular formula is C16H26FN3. The molecule has 1 aliphatic heterocycles. The Hall–Kier alpha value is -1.00. The second-order valence-electron chi connectivity index (χ2n) is 6.12. The van der Waals surface area contributed by atoms with E-state index >= 15 is 0 Å². The Morgan fingerprint density at radius 2 is 2.20 bits per heavy atom. The Kier molecular flexibility index (Phi) is 5.49. The summed E-state index contributed by atoms with van der Waals surface area (Å²) in [7, 11) is 0. The molecule has 0 spiro atoms. The lowest BCUT2D eigenvalue weighted by molar-refractivity contribution is 0.126. The Bertz CT molecular complexity index is 416. The molecule has 2 heterocycles. The van der Waals surface area contributed by atoms with Gasteiger partial charge in [0.25, 0.3) is 0 Å². The fraction of sp³-hybridized carbons (Fsp3) is 0.688. The lowest BCUT2D eigenvalue weighted by atomic mass is 9.96. The van der Waals surface area contributed by atoms with Gasteiger partial charge in [-0.1, -0.05) is 0 Å². The van der Waals surface area contributed by atoms with Crippen molar-refractivity contribution in [1.29, 1.82) is 0 Å². The zero-order valence-corrected chi connectivity index (χ0v) is 12.8. The molecule has 1 fully saturated rings. The lowest BCUT2D eigenvalue weighted by Crippen LogP contribution is -2.42. The summed E-state index contributed by atoms with van der Waals surface area (Å²) in [4.78, 5) is 6.43. The highest BCUT2D eigenvalue weighted by molar-refractivity contribution is 5.14. The minimum absolute atomic E-state index is 0.195. The first-order chi connectivity index (χ1) is 9.58. The van der Waals surface area contributed by atoms with Crippen LogP contribution in [-0.4, -0.2) is 35.6 Å². The normalized spacial score (nSPS) is 21.4. The van der Waals surface area contributed by atoms with Crippen LogP contribution in [0.2, 0.25) is 0 Å². The van der Waals surface area contributed by atoms with Crippen molar-refractivity contribution in [3.8, 4) is 0 Å². The van der Waals surface area contributed by atoms with Gasteiger partial charge < -0.3 is 5.32 Å². The quantitative estimate of drug-likeness (QED) is 0.898. The average Bonchev–Trinajstić information content (AvgIpc) is 2.45. The Morgan fingerprint density at radius 1 is 1.40 bits per heavy atom. The maximum atomic E-state index is 13.4. The van der Waals surface area contributed by atoms with Crippen molar-refractivity contribution in [2.75, 3.05) is 19.6 Å². The molecule has 2 unspecified atom stereocenters. The fourth-order valence-electron chi connectivity index (χ4n) is 3.04. The van der Waals surface area contributed by atoms with E-state index < -0.39 is 0 Å². The zero-order valence-electron chi connectivity index (χ0n) is 12.8. The molecule has 4 heteroatoms. The highest BCUT2D eigenvalue weighted by Gasteiger charge is 2.24. The maximum absolute atomic E-state index is 13.4. The van der Waals surface area contributed by atoms with Crippen LogP contribution in [0, 0.1) is 11.7 Å². The molecule has 1 aromatic heterocycles. The van der Waals surface area contributed by atoms with Crippen LogP contribution in [0.4, 0.5) is 4.39 Å². The predicted molar refractivity (Wildman–Crippen MR) is 80.0 cm³/mol. The number of hydrogen-bond donors (Lipinski definition) is 1. The van der Waals surface area contributed by atoms with E-state index in [4.69, 9.17) is 0 Å². The van der Waals surface area contributed by atoms with Crippen LogP contribution in [0.25, 0.3) is 0 Å². The number of nitrogens with zero attached hydrogens (tertiary/aromatic N) is 2. The molecule has 0 radical (unpaired) electrons. The Morgan fingerprint density at radius 3 is 2.80 bits per heavy atom. The van der Waals surface area contributed by atoms with Crippen molar-refractivity contribution >= 4 is 0 Å². The van der Waals surface area contributed by atoms with E-state index in [2.05, 4.69) is 36.0 Å². The third kappa shape index (κ3) is 4.00. The number of hydrogen-bond acceptors (Lipinski definition) is 3. The lowest BCUT2D eigenvalue weighted by Gasteiger charge is -2.37. The van der Waals surface area contributed by atoms with Crippen molar-refractivity contribution in [3.63, 3.8) is 0 Å². The van der Waals surface area contributed by atoms with Crippen LogP contribution in [0.15, 0.2) is 18.5 Å². The summed E-state index contributed by atoms with van der Waals surface area (Å²) in [6, 6.07) is 2.24. The van der Waals surface area contributed by atoms with Gasteiger partial charge in [-0.3, -0.25) is 9.88 Å². The van der Waals surface area contributed by atoms with Crippen LogP contribution in [0.3, 0.4) is 0 Å². The molecule has 1 aromatic rings. The molecule has 112 valence electrons. The SMILES string of the molecule is CC(C)N(CC1CCCNC1)C(C)c1cncc(F)c1. The molecule has 1 N–H and O–H groups in total. The highest BCUT2D eigenvalue weighted by Crippen LogP contribution is 2.25. The number of aromatic nitrogens is 1. The molecule has 0 aromatic carbocycles. The van der Waals surface area contributed by atoms with Crippen LogP contribution < -0.4 is 5.32 Å². The van der Waals surface area contributed by atoms with E-state index in [1.807, 2.05) is 0 Å². The molecule has 0 amide bonds. The third-order valence-corrected chi connectivity index (χ3v) is 4.24. The van der Waals surface area contributed by atoms with Crippen molar-refractivity contribution in [1.82, 2.24) is 15.2 Å². The van der Waals surface area contributed by atoms with Crippen molar-refractivity contribution in [2.24, 2.45) is 5.92 Å². The van der Waals surface area contributed by atoms with Gasteiger partial charge in [0.05, 0.1) is 6.20 Å². The summed E-state index contributed by atoms with van der Waals surface area (Å²) < 4.78 is 13.4. The van der Waals surface area contributed by atoms with E-state index in [1.165, 1.54) is 19.0 Å². The smallest absolute Gasteiger partial charge is 0.141 e. The monoisotopic (exact) mass is 279 g/mol. The first-order valence-electron chi connectivity index (χ1n) is 7.65. The second-order valence-corrected chi connectivity index (χ2v) is 6.12. The van der Waals surface area contributed by atoms with Gasteiger partial charge in [-0.25, -0.2) is 4.39 Å². The molecular weight excluding hydrogens is 253 g/mol. The van der Waals surface area contributed by atoms with Gasteiger partial charge in [0.15, 0.2) is 0 Å². The zero-order chi connectivity index (χ0) is 14.5. The topological polar surface area (TPSA) is 28.2 Å². The molecule has 0 bridgehead atoms. The van der Waals surface area contributed by atoms with Crippen LogP contribution in [-0.2, 0) is 0 Å². The number of piperidine rings is 1. The first-order valence-corrected chi connectivity index (χ1v) is 7.65. The van der Waals surface area contributed by atoms with E-state index in [0.717, 1.165) is 25.2 Å². The molecule has 1 aliphatic rings. The minimum Gasteiger partial charge on any atom is -0.316 e. The van der Waals surface area contributed by atoms with Crippen molar-refractivity contribution < 1.29 is 4.39 Å². The van der Waals surface area contributed by atoms with E-state index in [-0.39, 0.29) is 11.9 Å². The molecule has 2 atom stereocenters. The summed E-state index contributed by atoms with van der Waals surface area (Å²) in [6.45, 7) is 9.85. The largest absolute Gasteiger partial charge is 0.316 e. The third-order valence-electron chi connectivity index (χ3n) is 4.24. The Balaban J connectivity index is 2.07. The van der Waals surface area contributed by atoms with Crippen LogP contribution >= 0.6 is 0 Å². The van der Waals surface area contributed by atoms with Gasteiger partial charge >= 0.3 is 0 Å². The van der Waals surface area contributed by atoms with Gasteiger partial charge in [-0.2, -0.15) is 0 Å². The van der Waals surface area contributed by atoms with Crippen LogP contribution in [0.5, 0.6) is 0 Å². The molecule has 3 nitrogen and oxygen atoms in total. The summed E-state index contributed by atoms with van der Waals surface area (Å²) in [5.41, 5.74) is 0.961. The minimum atomic E-state index is -0.252. The van der Waals surface area contributed by atoms with E-state index in [9.17, 15) is 4.39 Å². The molecule has 1 saturated heterocycles. The number of halogens is 1. The molecule has 2 rings (SSSR count). The summed E-state index contributed by atoms with van der Waals surface area (Å²) in [5, 5.41) is 3.47. The second kappa shape index (κ2) is 7.14. The first kappa shape index (κ1) is 15.4. The fourth-order valence-corrected chi connectivity index (χ4v) is 3.04. The van der Waals surface area contributed by atoms with Crippen LogP contribution in [0.1, 0.15) is 45.2 Å². The van der Waals surface area contributed by atoms with Gasteiger partial charge in [0, 0.05) is 24.8 Å². The number of rotatable bonds is 5. The highest BCUT2D eigenvalue weighted by atomic mass is 19.1. The van der Waals surface area contributed by atoms with Gasteiger partial charge in [-0.15, -0.1) is 0 Å². The molecule has 0 saturated carbocycles. The Labute approximate surface area is 121 Å². The standard InChI is InChI=1S/C16H26FN3/c1-12(2)20(11-14-5-4-6-18-8-14)13(3)15-7-16(17)10-19-9-15/h7,9-10,12-14,18H,4-6,8,11H2,1-3H3. The van der Waals surface area contributed by atoms with Gasteiger partial charge in [0.2, 0.25) is 0 Å². The summed E-state index contributed by atoms with van der Waals surface area (Å²) in [6.07, 6.45) is 5.58. The summed E-state index contributed by atoms with van der Waals surface area (Å²) >= 11 is 0. The van der Waals surface area contributed by atoms with Gasteiger partial charge in [-0.05, 0) is 64.3 Å². The number of pyridine rings is 1. The summed E-state index contributed by atoms with van der Waals surface area (Å²) in [5.74, 6) is 0.438. The van der Waals surface area contributed by atoms with E-state index in [0.29, 0.717) is 12.0 Å². The van der Waals surface area contributed by atoms with E-state index in [1.54, 1.807) is 12.3 Å². The predicted octanol–water partition coefficient (Wildman–Crippen LogP) is 2.99. The molecule has 20 heavy (non-hydrogen) atoms. The average molecular weight is 279 g/mol. The van der Waals surface area contributed by atoms with Gasteiger partial charge in [0.1, 0.15) is 5.82 Å². The maximum Gasteiger partial charge on any atom is 0.141 e. The molecule has 0 aliphatic carbocycles. The number of nitrogens with one attached hydrogen (secondary N) is 1.